The second kappa shape index (κ2) is 10.3. The molecule has 3 rings (SSSR count). The molecule has 1 unspecified atom stereocenters. The number of esters is 1. The minimum atomic E-state index is -1.02. The van der Waals surface area contributed by atoms with Gasteiger partial charge in [-0.3, -0.25) is 9.59 Å². The van der Waals surface area contributed by atoms with E-state index in [0.717, 1.165) is 29.7 Å². The van der Waals surface area contributed by atoms with Crippen molar-refractivity contribution in [2.24, 2.45) is 11.0 Å². The Balaban J connectivity index is 1.72. The van der Waals surface area contributed by atoms with Gasteiger partial charge >= 0.3 is 17.8 Å². The summed E-state index contributed by atoms with van der Waals surface area (Å²) in [5.41, 5.74) is 3.62. The molecule has 3 N–H and O–H groups in total. The number of methoxy groups -OCH3 is 1. The number of hydrogen-bond donors (Lipinski definition) is 3. The van der Waals surface area contributed by atoms with Crippen molar-refractivity contribution in [1.29, 1.82) is 0 Å². The Bertz CT molecular complexity index is 1060. The molecule has 1 heterocycles. The van der Waals surface area contributed by atoms with Gasteiger partial charge in [0.15, 0.2) is 0 Å². The van der Waals surface area contributed by atoms with Crippen LogP contribution in [-0.4, -0.2) is 42.8 Å². The average molecular weight is 460 g/mol. The number of fused-ring (bicyclic) bond motifs is 1. The van der Waals surface area contributed by atoms with Crippen molar-refractivity contribution in [3.8, 4) is 11.5 Å². The van der Waals surface area contributed by atoms with Crippen LogP contribution in [0.1, 0.15) is 46.6 Å². The summed E-state index contributed by atoms with van der Waals surface area (Å²) in [7, 11) is 1.48. The van der Waals surface area contributed by atoms with Crippen LogP contribution >= 0.6 is 11.3 Å². The molecule has 10 heteroatoms. The van der Waals surface area contributed by atoms with E-state index in [1.165, 1.54) is 36.8 Å². The standard InChI is InChI=1S/C22H25N3O6S/c1-4-31-22(29)18-15-7-5-12(2)9-17(15)32-21(18)24-19(27)20(28)25-23-11-13-10-14(30-3)6-8-16(13)26/h6,8,10-12,26H,4-5,7,9H2,1-3H3,(H,24,27)(H,25,28). The number of benzene rings is 1. The van der Waals surface area contributed by atoms with E-state index in [2.05, 4.69) is 22.8 Å². The third kappa shape index (κ3) is 5.25. The minimum Gasteiger partial charge on any atom is -0.507 e. The highest BCUT2D eigenvalue weighted by atomic mass is 32.1. The smallest absolute Gasteiger partial charge is 0.341 e. The van der Waals surface area contributed by atoms with Crippen molar-refractivity contribution >= 4 is 40.3 Å². The molecule has 9 nitrogen and oxygen atoms in total. The number of rotatable bonds is 6. The van der Waals surface area contributed by atoms with Gasteiger partial charge in [0.25, 0.3) is 0 Å². The van der Waals surface area contributed by atoms with E-state index in [1.54, 1.807) is 13.0 Å². The SMILES string of the molecule is CCOC(=O)c1c(NC(=O)C(=O)NN=Cc2cc(OC)ccc2O)sc2c1CCC(C)C2. The fraction of sp³-hybridized carbons (Fsp3) is 0.364. The molecule has 0 aliphatic heterocycles. The summed E-state index contributed by atoms with van der Waals surface area (Å²) in [6, 6.07) is 4.51. The Kier molecular flexibility index (Phi) is 7.47. The highest BCUT2D eigenvalue weighted by molar-refractivity contribution is 7.17. The van der Waals surface area contributed by atoms with Gasteiger partial charge in [0.05, 0.1) is 25.5 Å². The van der Waals surface area contributed by atoms with Gasteiger partial charge in [-0.2, -0.15) is 5.10 Å². The molecule has 1 aliphatic rings. The minimum absolute atomic E-state index is 0.0641. The Labute approximate surface area is 189 Å². The van der Waals surface area contributed by atoms with Crippen LogP contribution in [0.5, 0.6) is 11.5 Å². The zero-order valence-electron chi connectivity index (χ0n) is 18.1. The lowest BCUT2D eigenvalue weighted by molar-refractivity contribution is -0.136. The zero-order valence-corrected chi connectivity index (χ0v) is 18.9. The highest BCUT2D eigenvalue weighted by Gasteiger charge is 2.30. The number of carbonyl (C=O) groups is 3. The molecule has 0 fully saturated rings. The number of aromatic hydroxyl groups is 1. The van der Waals surface area contributed by atoms with E-state index in [-0.39, 0.29) is 12.4 Å². The summed E-state index contributed by atoms with van der Waals surface area (Å²) in [6.07, 6.45) is 3.66. The summed E-state index contributed by atoms with van der Waals surface area (Å²) in [6.45, 7) is 4.05. The Morgan fingerprint density at radius 3 is 2.81 bits per heavy atom. The first-order valence-electron chi connectivity index (χ1n) is 10.2. The number of carbonyl (C=O) groups excluding carboxylic acids is 3. The van der Waals surface area contributed by atoms with Gasteiger partial charge < -0.3 is 19.9 Å². The molecule has 2 aromatic rings. The quantitative estimate of drug-likeness (QED) is 0.264. The van der Waals surface area contributed by atoms with Crippen LogP contribution in [0.2, 0.25) is 0 Å². The van der Waals surface area contributed by atoms with E-state index >= 15 is 0 Å². The first-order chi connectivity index (χ1) is 15.3. The molecule has 1 aromatic carbocycles. The van der Waals surface area contributed by atoms with Gasteiger partial charge in [-0.05, 0) is 55.9 Å². The molecule has 1 aliphatic carbocycles. The summed E-state index contributed by atoms with van der Waals surface area (Å²) >= 11 is 1.29. The maximum absolute atomic E-state index is 12.5. The van der Waals surface area contributed by atoms with Crippen LogP contribution in [0.15, 0.2) is 23.3 Å². The first kappa shape index (κ1) is 23.3. The lowest BCUT2D eigenvalue weighted by Gasteiger charge is -2.18. The fourth-order valence-electron chi connectivity index (χ4n) is 3.39. The normalized spacial score (nSPS) is 15.2. The monoisotopic (exact) mass is 459 g/mol. The molecular weight excluding hydrogens is 434 g/mol. The van der Waals surface area contributed by atoms with Gasteiger partial charge in [-0.15, -0.1) is 11.3 Å². The number of ether oxygens (including phenoxy) is 2. The Morgan fingerprint density at radius 1 is 1.31 bits per heavy atom. The summed E-state index contributed by atoms with van der Waals surface area (Å²) in [4.78, 5) is 38.2. The van der Waals surface area contributed by atoms with Gasteiger partial charge in [0.2, 0.25) is 0 Å². The third-order valence-corrected chi connectivity index (χ3v) is 6.20. The number of nitrogens with one attached hydrogen (secondary N) is 2. The fourth-order valence-corrected chi connectivity index (χ4v) is 4.79. The van der Waals surface area contributed by atoms with E-state index in [9.17, 15) is 19.5 Å². The van der Waals surface area contributed by atoms with Crippen molar-refractivity contribution in [2.45, 2.75) is 33.1 Å². The highest BCUT2D eigenvalue weighted by Crippen LogP contribution is 2.40. The van der Waals surface area contributed by atoms with Crippen molar-refractivity contribution in [3.63, 3.8) is 0 Å². The Morgan fingerprint density at radius 2 is 2.09 bits per heavy atom. The predicted octanol–water partition coefficient (Wildman–Crippen LogP) is 2.85. The predicted molar refractivity (Wildman–Crippen MR) is 120 cm³/mol. The van der Waals surface area contributed by atoms with Gasteiger partial charge in [0, 0.05) is 10.4 Å². The number of hydrazone groups is 1. The van der Waals surface area contributed by atoms with Crippen LogP contribution in [-0.2, 0) is 27.2 Å². The Hall–Kier alpha value is -3.40. The number of anilines is 1. The molecule has 2 amide bonds. The van der Waals surface area contributed by atoms with Crippen LogP contribution in [0, 0.1) is 5.92 Å². The molecule has 0 saturated heterocycles. The molecule has 1 aromatic heterocycles. The van der Waals surface area contributed by atoms with Crippen LogP contribution in [0.3, 0.4) is 0 Å². The topological polar surface area (TPSA) is 126 Å². The van der Waals surface area contributed by atoms with E-state index in [4.69, 9.17) is 9.47 Å². The van der Waals surface area contributed by atoms with Crippen molar-refractivity contribution in [1.82, 2.24) is 5.43 Å². The second-order valence-corrected chi connectivity index (χ2v) is 8.46. The van der Waals surface area contributed by atoms with E-state index in [1.807, 2.05) is 0 Å². The number of phenolic OH excluding ortho intramolecular Hbond substituents is 1. The molecule has 0 bridgehead atoms. The zero-order chi connectivity index (χ0) is 23.3. The number of hydrogen-bond acceptors (Lipinski definition) is 8. The third-order valence-electron chi connectivity index (χ3n) is 5.03. The van der Waals surface area contributed by atoms with Gasteiger partial charge in [-0.1, -0.05) is 6.92 Å². The average Bonchev–Trinajstić information content (AvgIpc) is 3.11. The van der Waals surface area contributed by atoms with Crippen molar-refractivity contribution in [2.75, 3.05) is 19.0 Å². The maximum atomic E-state index is 12.5. The first-order valence-corrected chi connectivity index (χ1v) is 11.0. The van der Waals surface area contributed by atoms with E-state index in [0.29, 0.717) is 27.8 Å². The van der Waals surface area contributed by atoms with Crippen molar-refractivity contribution < 1.29 is 29.0 Å². The molecule has 0 saturated carbocycles. The van der Waals surface area contributed by atoms with Gasteiger partial charge in [0.1, 0.15) is 16.5 Å². The molecule has 0 spiro atoms. The molecular formula is C22H25N3O6S. The van der Waals surface area contributed by atoms with Crippen molar-refractivity contribution in [3.05, 3.63) is 39.8 Å². The second-order valence-electron chi connectivity index (χ2n) is 7.35. The van der Waals surface area contributed by atoms with E-state index < -0.39 is 17.8 Å². The summed E-state index contributed by atoms with van der Waals surface area (Å²) in [5, 5.41) is 16.4. The maximum Gasteiger partial charge on any atom is 0.341 e. The molecule has 1 atom stereocenters. The number of amides is 2. The van der Waals surface area contributed by atoms with Crippen LogP contribution < -0.4 is 15.5 Å². The lowest BCUT2D eigenvalue weighted by Crippen LogP contribution is -2.32. The summed E-state index contributed by atoms with van der Waals surface area (Å²) < 4.78 is 10.2. The molecule has 170 valence electrons. The molecule has 0 radical (unpaired) electrons. The number of thiophene rings is 1. The lowest BCUT2D eigenvalue weighted by atomic mass is 9.88. The van der Waals surface area contributed by atoms with Gasteiger partial charge in [-0.25, -0.2) is 10.2 Å². The molecule has 32 heavy (non-hydrogen) atoms. The number of phenols is 1. The van der Waals surface area contributed by atoms with Crippen LogP contribution in [0.4, 0.5) is 5.00 Å². The largest absolute Gasteiger partial charge is 0.507 e. The summed E-state index contributed by atoms with van der Waals surface area (Å²) in [5.74, 6) is -1.58. The van der Waals surface area contributed by atoms with Crippen LogP contribution in [0.25, 0.3) is 0 Å². The number of nitrogens with zero attached hydrogens (tertiary/aromatic N) is 1.